The molecule has 0 radical (unpaired) electrons. The van der Waals surface area contributed by atoms with Crippen LogP contribution in [-0.4, -0.2) is 15.0 Å². The highest BCUT2D eigenvalue weighted by atomic mass is 15.0. The van der Waals surface area contributed by atoms with E-state index in [0.717, 1.165) is 49.8 Å². The second kappa shape index (κ2) is 10.8. The van der Waals surface area contributed by atoms with Gasteiger partial charge in [0.2, 0.25) is 0 Å². The van der Waals surface area contributed by atoms with Crippen LogP contribution in [0.15, 0.2) is 133 Å². The Morgan fingerprint density at radius 1 is 0.452 bits per heavy atom. The molecule has 4 heteroatoms. The molecule has 2 N–H and O–H groups in total. The molecule has 1 aromatic heterocycles. The van der Waals surface area contributed by atoms with E-state index >= 15 is 0 Å². The van der Waals surface area contributed by atoms with Crippen molar-refractivity contribution in [3.05, 3.63) is 139 Å². The summed E-state index contributed by atoms with van der Waals surface area (Å²) in [6.07, 6.45) is 4.01. The molecule has 7 aromatic rings. The first-order valence-electron chi connectivity index (χ1n) is 14.0. The number of allylic oxidation sites excluding steroid dienone is 1. The van der Waals surface area contributed by atoms with Gasteiger partial charge in [-0.05, 0) is 69.4 Å². The number of hydrogen-bond acceptors (Lipinski definition) is 4. The number of nitrogen functional groups attached to an aromatic ring is 1. The van der Waals surface area contributed by atoms with Crippen molar-refractivity contribution in [1.82, 2.24) is 15.0 Å². The topological polar surface area (TPSA) is 64.7 Å². The van der Waals surface area contributed by atoms with Crippen LogP contribution in [0.4, 0.5) is 5.69 Å². The Morgan fingerprint density at radius 2 is 0.929 bits per heavy atom. The van der Waals surface area contributed by atoms with Crippen molar-refractivity contribution in [3.63, 3.8) is 0 Å². The van der Waals surface area contributed by atoms with E-state index in [1.807, 2.05) is 37.3 Å². The standard InChI is InChI=1S/C38H28N4/c1-2-8-27-17-18-31(24-35(27)39)30-13-7-14-32(23-30)36-40-37(33-19-15-25-9-3-5-11-28(25)21-33)42-38(41-36)34-20-16-26-10-4-6-12-29(26)22-34/h2-24H,39H2,1H3/b8-2-. The van der Waals surface area contributed by atoms with Crippen LogP contribution >= 0.6 is 0 Å². The number of fused-ring (bicyclic) bond motifs is 2. The highest BCUT2D eigenvalue weighted by Crippen LogP contribution is 2.31. The van der Waals surface area contributed by atoms with Crippen LogP contribution in [0, 0.1) is 0 Å². The van der Waals surface area contributed by atoms with Gasteiger partial charge in [0.05, 0.1) is 0 Å². The van der Waals surface area contributed by atoms with Crippen molar-refractivity contribution in [1.29, 1.82) is 0 Å². The van der Waals surface area contributed by atoms with Gasteiger partial charge in [-0.25, -0.2) is 15.0 Å². The van der Waals surface area contributed by atoms with E-state index in [4.69, 9.17) is 20.7 Å². The lowest BCUT2D eigenvalue weighted by Crippen LogP contribution is -2.00. The van der Waals surface area contributed by atoms with Crippen LogP contribution in [0.25, 0.3) is 72.9 Å². The smallest absolute Gasteiger partial charge is 0.164 e. The predicted molar refractivity (Wildman–Crippen MR) is 176 cm³/mol. The summed E-state index contributed by atoms with van der Waals surface area (Å²) in [5, 5.41) is 4.64. The van der Waals surface area contributed by atoms with E-state index in [0.29, 0.717) is 17.5 Å². The largest absolute Gasteiger partial charge is 0.398 e. The Hall–Kier alpha value is -5.61. The number of aromatic nitrogens is 3. The number of anilines is 1. The molecule has 0 saturated carbocycles. The molecule has 0 unspecified atom stereocenters. The zero-order chi connectivity index (χ0) is 28.5. The Bertz CT molecular complexity index is 2030. The average molecular weight is 541 g/mol. The summed E-state index contributed by atoms with van der Waals surface area (Å²) in [7, 11) is 0. The molecule has 4 nitrogen and oxygen atoms in total. The number of nitrogens with two attached hydrogens (primary N) is 1. The highest BCUT2D eigenvalue weighted by molar-refractivity contribution is 5.88. The monoisotopic (exact) mass is 540 g/mol. The number of rotatable bonds is 5. The fourth-order valence-electron chi connectivity index (χ4n) is 5.34. The molecule has 7 rings (SSSR count). The first-order chi connectivity index (χ1) is 20.6. The van der Waals surface area contributed by atoms with Crippen molar-refractivity contribution >= 4 is 33.3 Å². The van der Waals surface area contributed by atoms with Crippen LogP contribution in [0.5, 0.6) is 0 Å². The molecule has 6 aromatic carbocycles. The van der Waals surface area contributed by atoms with Crippen molar-refractivity contribution in [3.8, 4) is 45.3 Å². The van der Waals surface area contributed by atoms with Gasteiger partial charge < -0.3 is 5.73 Å². The second-order valence-corrected chi connectivity index (χ2v) is 10.4. The third-order valence-electron chi connectivity index (χ3n) is 7.54. The summed E-state index contributed by atoms with van der Waals surface area (Å²) in [5.41, 5.74) is 13.0. The summed E-state index contributed by atoms with van der Waals surface area (Å²) < 4.78 is 0. The minimum Gasteiger partial charge on any atom is -0.398 e. The number of benzene rings is 6. The van der Waals surface area contributed by atoms with E-state index in [9.17, 15) is 0 Å². The van der Waals surface area contributed by atoms with Gasteiger partial charge in [-0.2, -0.15) is 0 Å². The highest BCUT2D eigenvalue weighted by Gasteiger charge is 2.14. The SMILES string of the molecule is C/C=C\c1ccc(-c2cccc(-c3nc(-c4ccc5ccccc5c4)nc(-c4ccc5ccccc5c4)n3)c2)cc1N. The van der Waals surface area contributed by atoms with E-state index in [2.05, 4.69) is 109 Å². The molecule has 0 aliphatic carbocycles. The van der Waals surface area contributed by atoms with Gasteiger partial charge in [-0.15, -0.1) is 0 Å². The molecular formula is C38H28N4. The van der Waals surface area contributed by atoms with Crippen molar-refractivity contribution in [2.75, 3.05) is 5.73 Å². The molecule has 0 atom stereocenters. The fourth-order valence-corrected chi connectivity index (χ4v) is 5.34. The molecule has 0 aliphatic heterocycles. The maximum atomic E-state index is 6.36. The minimum atomic E-state index is 0.622. The summed E-state index contributed by atoms with van der Waals surface area (Å²) in [6, 6.07) is 43.8. The first kappa shape index (κ1) is 25.4. The fraction of sp³-hybridized carbons (Fsp3) is 0.0263. The van der Waals surface area contributed by atoms with Gasteiger partial charge >= 0.3 is 0 Å². The van der Waals surface area contributed by atoms with Gasteiger partial charge in [0.25, 0.3) is 0 Å². The molecule has 0 amide bonds. The average Bonchev–Trinajstić information content (AvgIpc) is 3.05. The zero-order valence-corrected chi connectivity index (χ0v) is 23.2. The van der Waals surface area contributed by atoms with Crippen LogP contribution in [-0.2, 0) is 0 Å². The summed E-state index contributed by atoms with van der Waals surface area (Å²) >= 11 is 0. The van der Waals surface area contributed by atoms with Crippen LogP contribution in [0.1, 0.15) is 12.5 Å². The van der Waals surface area contributed by atoms with Gasteiger partial charge in [0, 0.05) is 22.4 Å². The summed E-state index contributed by atoms with van der Waals surface area (Å²) in [5.74, 6) is 1.90. The van der Waals surface area contributed by atoms with Crippen molar-refractivity contribution in [2.45, 2.75) is 6.92 Å². The van der Waals surface area contributed by atoms with Crippen LogP contribution < -0.4 is 5.73 Å². The van der Waals surface area contributed by atoms with E-state index in [-0.39, 0.29) is 0 Å². The quantitative estimate of drug-likeness (QED) is 0.221. The lowest BCUT2D eigenvalue weighted by Gasteiger charge is -2.11. The number of nitrogens with zero attached hydrogens (tertiary/aromatic N) is 3. The molecule has 0 fully saturated rings. The van der Waals surface area contributed by atoms with Gasteiger partial charge in [-0.3, -0.25) is 0 Å². The normalized spacial score (nSPS) is 11.5. The third kappa shape index (κ3) is 4.91. The van der Waals surface area contributed by atoms with E-state index in [1.54, 1.807) is 0 Å². The molecule has 0 saturated heterocycles. The van der Waals surface area contributed by atoms with Crippen LogP contribution in [0.3, 0.4) is 0 Å². The Morgan fingerprint density at radius 3 is 1.48 bits per heavy atom. The van der Waals surface area contributed by atoms with Gasteiger partial charge in [0.1, 0.15) is 0 Å². The number of hydrogen-bond donors (Lipinski definition) is 1. The minimum absolute atomic E-state index is 0.622. The predicted octanol–water partition coefficient (Wildman–Crippen LogP) is 9.46. The van der Waals surface area contributed by atoms with Gasteiger partial charge in [0.15, 0.2) is 17.5 Å². The molecule has 200 valence electrons. The van der Waals surface area contributed by atoms with E-state index in [1.165, 1.54) is 10.8 Å². The molecule has 0 spiro atoms. The maximum absolute atomic E-state index is 6.36. The van der Waals surface area contributed by atoms with Crippen molar-refractivity contribution < 1.29 is 0 Å². The molecular weight excluding hydrogens is 512 g/mol. The first-order valence-corrected chi connectivity index (χ1v) is 14.0. The lowest BCUT2D eigenvalue weighted by molar-refractivity contribution is 1.08. The molecule has 42 heavy (non-hydrogen) atoms. The van der Waals surface area contributed by atoms with Crippen molar-refractivity contribution in [2.24, 2.45) is 0 Å². The molecule has 1 heterocycles. The Kier molecular flexibility index (Phi) is 6.49. The van der Waals surface area contributed by atoms with E-state index < -0.39 is 0 Å². The third-order valence-corrected chi connectivity index (χ3v) is 7.54. The molecule has 0 bridgehead atoms. The molecule has 0 aliphatic rings. The zero-order valence-electron chi connectivity index (χ0n) is 23.2. The van der Waals surface area contributed by atoms with Crippen LogP contribution in [0.2, 0.25) is 0 Å². The second-order valence-electron chi connectivity index (χ2n) is 10.4. The Balaban J connectivity index is 1.38. The summed E-state index contributed by atoms with van der Waals surface area (Å²) in [4.78, 5) is 15.0. The lowest BCUT2D eigenvalue weighted by atomic mass is 10.00. The van der Waals surface area contributed by atoms with Gasteiger partial charge in [-0.1, -0.05) is 115 Å². The maximum Gasteiger partial charge on any atom is 0.164 e. The summed E-state index contributed by atoms with van der Waals surface area (Å²) in [6.45, 7) is 1.99. The Labute approximate surface area is 244 Å².